The monoisotopic (exact) mass is 298 g/mol. The van der Waals surface area contributed by atoms with Crippen LogP contribution in [-0.2, 0) is 0 Å². The van der Waals surface area contributed by atoms with Gasteiger partial charge in [-0.3, -0.25) is 0 Å². The Labute approximate surface area is 134 Å². The van der Waals surface area contributed by atoms with Gasteiger partial charge in [-0.2, -0.15) is 0 Å². The van der Waals surface area contributed by atoms with E-state index in [4.69, 9.17) is 10.2 Å². The average molecular weight is 298 g/mol. The molecule has 0 aliphatic heterocycles. The summed E-state index contributed by atoms with van der Waals surface area (Å²) in [5, 5.41) is 17.3. The lowest BCUT2D eigenvalue weighted by Crippen LogP contribution is -1.74. The van der Waals surface area contributed by atoms with E-state index in [2.05, 4.69) is 0 Å². The minimum atomic E-state index is 0.0756. The standard InChI is InChI=1S/C20H26O2/c1-20(17-19-22)16-14-12-10-8-6-4-2-3-5-7-9-11-13-15-18-21/h2-14,16-17,21-22H,15,18-19H2,1H3. The molecule has 0 unspecified atom stereocenters. The third-order valence-electron chi connectivity index (χ3n) is 2.43. The lowest BCUT2D eigenvalue weighted by Gasteiger charge is -1.86. The predicted octanol–water partition coefficient (Wildman–Crippen LogP) is 4.20. The summed E-state index contributed by atoms with van der Waals surface area (Å²) in [6, 6.07) is 0. The molecule has 0 atom stereocenters. The molecule has 2 N–H and O–H groups in total. The smallest absolute Gasteiger partial charge is 0.0617 e. The van der Waals surface area contributed by atoms with Crippen molar-refractivity contribution in [1.82, 2.24) is 0 Å². The summed E-state index contributed by atoms with van der Waals surface area (Å²) in [5.41, 5.74) is 1.04. The van der Waals surface area contributed by atoms with Crippen molar-refractivity contribution in [1.29, 1.82) is 0 Å². The van der Waals surface area contributed by atoms with Crippen molar-refractivity contribution in [2.24, 2.45) is 0 Å². The van der Waals surface area contributed by atoms with E-state index in [9.17, 15) is 0 Å². The summed E-state index contributed by atoms with van der Waals surface area (Å²) in [7, 11) is 0. The van der Waals surface area contributed by atoms with Gasteiger partial charge in [0.25, 0.3) is 0 Å². The normalized spacial score (nSPS) is 14.6. The van der Waals surface area contributed by atoms with Crippen LogP contribution < -0.4 is 0 Å². The molecule has 0 saturated carbocycles. The van der Waals surface area contributed by atoms with Gasteiger partial charge in [-0.15, -0.1) is 0 Å². The molecule has 0 aromatic carbocycles. The number of rotatable bonds is 10. The quantitative estimate of drug-likeness (QED) is 0.593. The van der Waals surface area contributed by atoms with E-state index in [0.717, 1.165) is 5.57 Å². The Morgan fingerprint density at radius 2 is 1.14 bits per heavy atom. The second-order valence-corrected chi connectivity index (χ2v) is 4.35. The predicted molar refractivity (Wildman–Crippen MR) is 96.5 cm³/mol. The summed E-state index contributed by atoms with van der Waals surface area (Å²) >= 11 is 0. The van der Waals surface area contributed by atoms with Crippen LogP contribution >= 0.6 is 0 Å². The first-order valence-electron chi connectivity index (χ1n) is 7.36. The molecule has 0 aromatic heterocycles. The molecule has 0 aliphatic carbocycles. The van der Waals surface area contributed by atoms with Crippen LogP contribution in [-0.4, -0.2) is 23.4 Å². The second-order valence-electron chi connectivity index (χ2n) is 4.35. The van der Waals surface area contributed by atoms with Crippen LogP contribution in [0, 0.1) is 0 Å². The third kappa shape index (κ3) is 15.9. The van der Waals surface area contributed by atoms with Crippen molar-refractivity contribution in [3.8, 4) is 0 Å². The van der Waals surface area contributed by atoms with Gasteiger partial charge in [0.2, 0.25) is 0 Å². The van der Waals surface area contributed by atoms with E-state index in [1.165, 1.54) is 0 Å². The largest absolute Gasteiger partial charge is 0.396 e. The Balaban J connectivity index is 3.91. The first kappa shape index (κ1) is 19.8. The minimum absolute atomic E-state index is 0.0756. The van der Waals surface area contributed by atoms with Crippen molar-refractivity contribution in [3.63, 3.8) is 0 Å². The van der Waals surface area contributed by atoms with Gasteiger partial charge in [0.05, 0.1) is 6.61 Å². The van der Waals surface area contributed by atoms with Gasteiger partial charge in [-0.05, 0) is 13.3 Å². The molecule has 0 aliphatic rings. The maximum Gasteiger partial charge on any atom is 0.0617 e. The first-order valence-corrected chi connectivity index (χ1v) is 7.36. The van der Waals surface area contributed by atoms with Crippen LogP contribution in [0.5, 0.6) is 0 Å². The van der Waals surface area contributed by atoms with Crippen molar-refractivity contribution in [2.75, 3.05) is 13.2 Å². The molecule has 0 amide bonds. The number of allylic oxidation sites excluding steroid dienone is 14. The average Bonchev–Trinajstić information content (AvgIpc) is 2.51. The van der Waals surface area contributed by atoms with Crippen LogP contribution in [0.1, 0.15) is 13.3 Å². The van der Waals surface area contributed by atoms with Crippen LogP contribution in [0.25, 0.3) is 0 Å². The van der Waals surface area contributed by atoms with Gasteiger partial charge < -0.3 is 10.2 Å². The zero-order valence-electron chi connectivity index (χ0n) is 13.2. The molecule has 0 rings (SSSR count). The van der Waals surface area contributed by atoms with Crippen LogP contribution in [0.15, 0.2) is 96.7 Å². The fourth-order valence-electron chi connectivity index (χ4n) is 1.31. The summed E-state index contributed by atoms with van der Waals surface area (Å²) in [6.07, 6.45) is 29.6. The van der Waals surface area contributed by atoms with E-state index >= 15 is 0 Å². The number of aliphatic hydroxyl groups is 2. The highest BCUT2D eigenvalue weighted by Crippen LogP contribution is 1.94. The van der Waals surface area contributed by atoms with Gasteiger partial charge in [0.15, 0.2) is 0 Å². The highest BCUT2D eigenvalue weighted by atomic mass is 16.3. The maximum atomic E-state index is 8.69. The van der Waals surface area contributed by atoms with Crippen molar-refractivity contribution < 1.29 is 10.2 Å². The van der Waals surface area contributed by atoms with Gasteiger partial charge in [-0.1, -0.05) is 96.7 Å². The molecule has 0 spiro atoms. The minimum Gasteiger partial charge on any atom is -0.396 e. The van der Waals surface area contributed by atoms with E-state index in [1.54, 1.807) is 6.08 Å². The molecule has 0 fully saturated rings. The lowest BCUT2D eigenvalue weighted by molar-refractivity contribution is 0.302. The Bertz CT molecular complexity index is 484. The maximum absolute atomic E-state index is 8.69. The van der Waals surface area contributed by atoms with Gasteiger partial charge >= 0.3 is 0 Å². The fraction of sp³-hybridized carbons (Fsp3) is 0.200. The molecule has 22 heavy (non-hydrogen) atoms. The highest BCUT2D eigenvalue weighted by molar-refractivity contribution is 5.23. The molecular weight excluding hydrogens is 272 g/mol. The molecule has 0 aromatic rings. The van der Waals surface area contributed by atoms with Gasteiger partial charge in [0.1, 0.15) is 0 Å². The Morgan fingerprint density at radius 1 is 0.682 bits per heavy atom. The summed E-state index contributed by atoms with van der Waals surface area (Å²) in [5.74, 6) is 0. The summed E-state index contributed by atoms with van der Waals surface area (Å²) < 4.78 is 0. The van der Waals surface area contributed by atoms with Gasteiger partial charge in [0, 0.05) is 6.61 Å². The fourth-order valence-corrected chi connectivity index (χ4v) is 1.31. The Hall–Kier alpha value is -2.16. The van der Waals surface area contributed by atoms with Gasteiger partial charge in [-0.25, -0.2) is 0 Å². The molecular formula is C20H26O2. The zero-order valence-corrected chi connectivity index (χ0v) is 13.2. The topological polar surface area (TPSA) is 40.5 Å². The summed E-state index contributed by atoms with van der Waals surface area (Å²) in [4.78, 5) is 0. The summed E-state index contributed by atoms with van der Waals surface area (Å²) in [6.45, 7) is 2.22. The molecule has 0 bridgehead atoms. The Kier molecular flexibility index (Phi) is 15.2. The lowest BCUT2D eigenvalue weighted by atomic mass is 10.2. The van der Waals surface area contributed by atoms with E-state index in [-0.39, 0.29) is 13.2 Å². The molecule has 0 heterocycles. The highest BCUT2D eigenvalue weighted by Gasteiger charge is 1.76. The zero-order chi connectivity index (χ0) is 16.3. The van der Waals surface area contributed by atoms with E-state index < -0.39 is 0 Å². The van der Waals surface area contributed by atoms with Crippen molar-refractivity contribution >= 4 is 0 Å². The van der Waals surface area contributed by atoms with Crippen LogP contribution in [0.3, 0.4) is 0 Å². The molecule has 2 heteroatoms. The SMILES string of the molecule is CC(C=CC=CC=CC=CC=CC=CC=CCCO)=CCO. The number of hydrogen-bond donors (Lipinski definition) is 2. The van der Waals surface area contributed by atoms with Crippen molar-refractivity contribution in [3.05, 3.63) is 96.7 Å². The second kappa shape index (κ2) is 16.9. The molecule has 2 nitrogen and oxygen atoms in total. The van der Waals surface area contributed by atoms with E-state index in [0.29, 0.717) is 6.42 Å². The van der Waals surface area contributed by atoms with Crippen LogP contribution in [0.4, 0.5) is 0 Å². The van der Waals surface area contributed by atoms with Crippen LogP contribution in [0.2, 0.25) is 0 Å². The molecule has 118 valence electrons. The molecule has 0 saturated heterocycles. The Morgan fingerprint density at radius 3 is 1.59 bits per heavy atom. The van der Waals surface area contributed by atoms with Crippen molar-refractivity contribution in [2.45, 2.75) is 13.3 Å². The number of hydrogen-bond acceptors (Lipinski definition) is 2. The first-order chi connectivity index (χ1) is 10.8. The molecule has 0 radical (unpaired) electrons. The van der Waals surface area contributed by atoms with E-state index in [1.807, 2.05) is 92.0 Å². The number of aliphatic hydroxyl groups excluding tert-OH is 2. The third-order valence-corrected chi connectivity index (χ3v) is 2.43.